The number of rotatable bonds is 6. The number of nitrogens with one attached hydrogen (secondary N) is 2. The van der Waals surface area contributed by atoms with Gasteiger partial charge < -0.3 is 21.3 Å². The first-order valence-electron chi connectivity index (χ1n) is 8.76. The summed E-state index contributed by atoms with van der Waals surface area (Å²) in [6.45, 7) is 3.81. The third-order valence-electron chi connectivity index (χ3n) is 4.92. The summed E-state index contributed by atoms with van der Waals surface area (Å²) in [5.74, 6) is -0.0275. The molecule has 1 unspecified atom stereocenters. The summed E-state index contributed by atoms with van der Waals surface area (Å²) in [5, 5.41) is 6.62. The van der Waals surface area contributed by atoms with Crippen LogP contribution in [0.15, 0.2) is 6.20 Å². The van der Waals surface area contributed by atoms with Crippen LogP contribution in [0.3, 0.4) is 0 Å². The molecule has 3 atom stereocenters. The standard InChI is InChI=1S/C16H26N6O2S/c1-3-4-5-12-14(23)19-7-13-21(8-10-6-20-16(17)25-10)9-11(18-2)15(24)22(12)13/h6,11-13,18H,3-5,7-9H2,1-2H3,(H2,17,20)(H,19,23)/t11-,12-,13?/m0/s1. The maximum atomic E-state index is 12.9. The topological polar surface area (TPSA) is 104 Å². The van der Waals surface area contributed by atoms with Gasteiger partial charge in [0.25, 0.3) is 0 Å². The second-order valence-corrected chi connectivity index (χ2v) is 7.71. The van der Waals surface area contributed by atoms with Gasteiger partial charge in [0, 0.05) is 24.2 Å². The van der Waals surface area contributed by atoms with Gasteiger partial charge in [-0.3, -0.25) is 14.5 Å². The van der Waals surface area contributed by atoms with E-state index in [9.17, 15) is 9.59 Å². The smallest absolute Gasteiger partial charge is 0.243 e. The Bertz CT molecular complexity index is 636. The molecule has 25 heavy (non-hydrogen) atoms. The molecule has 2 saturated heterocycles. The molecule has 9 heteroatoms. The molecule has 0 spiro atoms. The molecule has 8 nitrogen and oxygen atoms in total. The van der Waals surface area contributed by atoms with Gasteiger partial charge in [-0.15, -0.1) is 11.3 Å². The van der Waals surface area contributed by atoms with E-state index in [0.29, 0.717) is 31.2 Å². The van der Waals surface area contributed by atoms with E-state index in [1.807, 2.05) is 0 Å². The third-order valence-corrected chi connectivity index (χ3v) is 5.73. The van der Waals surface area contributed by atoms with Gasteiger partial charge in [0.2, 0.25) is 11.8 Å². The fourth-order valence-electron chi connectivity index (χ4n) is 3.61. The van der Waals surface area contributed by atoms with Gasteiger partial charge in [-0.2, -0.15) is 0 Å². The van der Waals surface area contributed by atoms with Crippen molar-refractivity contribution in [2.75, 3.05) is 25.9 Å². The highest BCUT2D eigenvalue weighted by Gasteiger charge is 2.47. The number of nitrogens with zero attached hydrogens (tertiary/aromatic N) is 3. The predicted molar refractivity (Wildman–Crippen MR) is 96.7 cm³/mol. The number of carbonyl (C=O) groups is 2. The number of hydrogen-bond donors (Lipinski definition) is 3. The molecule has 2 amide bonds. The van der Waals surface area contributed by atoms with E-state index >= 15 is 0 Å². The Kier molecular flexibility index (Phi) is 5.55. The van der Waals surface area contributed by atoms with Crippen molar-refractivity contribution in [3.8, 4) is 0 Å². The van der Waals surface area contributed by atoms with Gasteiger partial charge in [-0.1, -0.05) is 19.8 Å². The Labute approximate surface area is 151 Å². The lowest BCUT2D eigenvalue weighted by Crippen LogP contribution is -2.74. The highest BCUT2D eigenvalue weighted by Crippen LogP contribution is 2.27. The molecule has 0 aromatic carbocycles. The number of likely N-dealkylation sites (N-methyl/N-ethyl adjacent to an activating group) is 1. The molecule has 0 aliphatic carbocycles. The molecule has 0 bridgehead atoms. The Morgan fingerprint density at radius 1 is 1.48 bits per heavy atom. The summed E-state index contributed by atoms with van der Waals surface area (Å²) < 4.78 is 0. The van der Waals surface area contributed by atoms with Gasteiger partial charge in [0.1, 0.15) is 12.2 Å². The molecular formula is C16H26N6O2S. The number of amides is 2. The zero-order valence-corrected chi connectivity index (χ0v) is 15.5. The lowest BCUT2D eigenvalue weighted by Gasteiger charge is -2.51. The summed E-state index contributed by atoms with van der Waals surface area (Å²) in [6, 6.07) is -0.701. The summed E-state index contributed by atoms with van der Waals surface area (Å²) >= 11 is 1.46. The number of piperazine rings is 1. The van der Waals surface area contributed by atoms with E-state index in [4.69, 9.17) is 5.73 Å². The van der Waals surface area contributed by atoms with E-state index in [1.54, 1.807) is 18.1 Å². The zero-order valence-electron chi connectivity index (χ0n) is 14.7. The Balaban J connectivity index is 1.85. The first-order valence-corrected chi connectivity index (χ1v) is 9.58. The molecule has 2 aliphatic heterocycles. The Morgan fingerprint density at radius 2 is 2.28 bits per heavy atom. The summed E-state index contributed by atoms with van der Waals surface area (Å²) in [5.41, 5.74) is 5.74. The largest absolute Gasteiger partial charge is 0.375 e. The van der Waals surface area contributed by atoms with Crippen molar-refractivity contribution in [2.24, 2.45) is 0 Å². The Hall–Kier alpha value is -1.71. The molecule has 0 radical (unpaired) electrons. The van der Waals surface area contributed by atoms with E-state index in [0.717, 1.165) is 17.7 Å². The minimum absolute atomic E-state index is 0.0171. The summed E-state index contributed by atoms with van der Waals surface area (Å²) in [6.07, 6.45) is 4.27. The molecule has 4 N–H and O–H groups in total. The number of anilines is 1. The molecule has 0 saturated carbocycles. The molecule has 3 heterocycles. The number of fused-ring (bicyclic) bond motifs is 1. The molecule has 2 aliphatic rings. The van der Waals surface area contributed by atoms with Crippen molar-refractivity contribution in [2.45, 2.75) is 51.0 Å². The zero-order chi connectivity index (χ0) is 18.0. The average Bonchev–Trinajstić information content (AvgIpc) is 3.01. The van der Waals surface area contributed by atoms with Crippen LogP contribution in [-0.4, -0.2) is 65.0 Å². The highest BCUT2D eigenvalue weighted by atomic mass is 32.1. The van der Waals surface area contributed by atoms with Crippen LogP contribution in [0.5, 0.6) is 0 Å². The predicted octanol–water partition coefficient (Wildman–Crippen LogP) is -0.0278. The SMILES string of the molecule is CCCC[C@H]1C(=O)NCC2N(Cc3cnc(N)s3)C[C@H](NC)C(=O)N21. The van der Waals surface area contributed by atoms with Gasteiger partial charge in [0.15, 0.2) is 5.13 Å². The molecule has 1 aromatic rings. The lowest BCUT2D eigenvalue weighted by molar-refractivity contribution is -0.163. The van der Waals surface area contributed by atoms with Crippen LogP contribution in [0, 0.1) is 0 Å². The molecule has 3 rings (SSSR count). The lowest BCUT2D eigenvalue weighted by atomic mass is 9.99. The maximum absolute atomic E-state index is 12.9. The van der Waals surface area contributed by atoms with Gasteiger partial charge in [0.05, 0.1) is 12.6 Å². The molecule has 2 fully saturated rings. The number of thiazole rings is 1. The quantitative estimate of drug-likeness (QED) is 0.653. The van der Waals surface area contributed by atoms with Crippen molar-refractivity contribution in [1.29, 1.82) is 0 Å². The van der Waals surface area contributed by atoms with Crippen LogP contribution in [0.4, 0.5) is 5.13 Å². The highest BCUT2D eigenvalue weighted by molar-refractivity contribution is 7.15. The number of hydrogen-bond acceptors (Lipinski definition) is 7. The van der Waals surface area contributed by atoms with Crippen LogP contribution in [-0.2, 0) is 16.1 Å². The van der Waals surface area contributed by atoms with Crippen LogP contribution < -0.4 is 16.4 Å². The van der Waals surface area contributed by atoms with E-state index < -0.39 is 6.04 Å². The summed E-state index contributed by atoms with van der Waals surface area (Å²) in [7, 11) is 1.79. The van der Waals surface area contributed by atoms with Crippen LogP contribution >= 0.6 is 11.3 Å². The van der Waals surface area contributed by atoms with Crippen LogP contribution in [0.1, 0.15) is 31.1 Å². The summed E-state index contributed by atoms with van der Waals surface area (Å²) in [4.78, 5) is 34.5. The van der Waals surface area contributed by atoms with Crippen molar-refractivity contribution in [3.63, 3.8) is 0 Å². The van der Waals surface area contributed by atoms with E-state index in [2.05, 4.69) is 27.4 Å². The van der Waals surface area contributed by atoms with E-state index in [1.165, 1.54) is 11.3 Å². The van der Waals surface area contributed by atoms with Crippen molar-refractivity contribution in [3.05, 3.63) is 11.1 Å². The second-order valence-electron chi connectivity index (χ2n) is 6.56. The molecule has 1 aromatic heterocycles. The van der Waals surface area contributed by atoms with Crippen molar-refractivity contribution >= 4 is 28.3 Å². The third kappa shape index (κ3) is 3.63. The number of nitrogen functional groups attached to an aromatic ring is 1. The fraction of sp³-hybridized carbons (Fsp3) is 0.688. The fourth-order valence-corrected chi connectivity index (χ4v) is 4.32. The number of unbranched alkanes of at least 4 members (excludes halogenated alkanes) is 1. The maximum Gasteiger partial charge on any atom is 0.243 e. The minimum atomic E-state index is -0.392. The first kappa shape index (κ1) is 18.1. The van der Waals surface area contributed by atoms with Crippen molar-refractivity contribution in [1.82, 2.24) is 25.4 Å². The molecular weight excluding hydrogens is 340 g/mol. The van der Waals surface area contributed by atoms with Gasteiger partial charge >= 0.3 is 0 Å². The number of aromatic nitrogens is 1. The van der Waals surface area contributed by atoms with Crippen molar-refractivity contribution < 1.29 is 9.59 Å². The number of nitrogens with two attached hydrogens (primary N) is 1. The van der Waals surface area contributed by atoms with Crippen LogP contribution in [0.25, 0.3) is 0 Å². The average molecular weight is 366 g/mol. The Morgan fingerprint density at radius 3 is 2.92 bits per heavy atom. The van der Waals surface area contributed by atoms with Gasteiger partial charge in [-0.05, 0) is 13.5 Å². The normalized spacial score (nSPS) is 27.3. The number of carbonyl (C=O) groups excluding carboxylic acids is 2. The van der Waals surface area contributed by atoms with Crippen LogP contribution in [0.2, 0.25) is 0 Å². The van der Waals surface area contributed by atoms with E-state index in [-0.39, 0.29) is 24.0 Å². The molecule has 138 valence electrons. The minimum Gasteiger partial charge on any atom is -0.375 e. The van der Waals surface area contributed by atoms with Gasteiger partial charge in [-0.25, -0.2) is 4.98 Å². The first-order chi connectivity index (χ1) is 12.0. The monoisotopic (exact) mass is 366 g/mol. The second kappa shape index (κ2) is 7.67.